The fourth-order valence-electron chi connectivity index (χ4n) is 3.79. The van der Waals surface area contributed by atoms with Crippen LogP contribution < -0.4 is 5.73 Å². The molecule has 0 spiro atoms. The molecule has 29 heavy (non-hydrogen) atoms. The summed E-state index contributed by atoms with van der Waals surface area (Å²) in [5.74, 6) is 0. The molecule has 0 unspecified atom stereocenters. The van der Waals surface area contributed by atoms with Gasteiger partial charge in [0.25, 0.3) is 0 Å². The maximum Gasteiger partial charge on any atom is 0.394 e. The molecule has 6 heteroatoms. The zero-order valence-corrected chi connectivity index (χ0v) is 20.4. The van der Waals surface area contributed by atoms with Crippen LogP contribution in [0, 0.1) is 0 Å². The van der Waals surface area contributed by atoms with Crippen molar-refractivity contribution in [2.24, 2.45) is 5.73 Å². The van der Waals surface area contributed by atoms with Crippen LogP contribution in [-0.4, -0.2) is 23.1 Å². The highest BCUT2D eigenvalue weighted by Gasteiger charge is 2.23. The summed E-state index contributed by atoms with van der Waals surface area (Å²) in [6.45, 7) is 6.88. The van der Waals surface area contributed by atoms with Gasteiger partial charge in [-0.2, -0.15) is 8.42 Å². The van der Waals surface area contributed by atoms with Crippen molar-refractivity contribution in [1.82, 2.24) is 0 Å². The first-order chi connectivity index (χ1) is 13.7. The zero-order chi connectivity index (χ0) is 22.4. The van der Waals surface area contributed by atoms with E-state index in [4.69, 9.17) is 23.3 Å². The zero-order valence-electron chi connectivity index (χ0n) is 19.6. The third-order valence-electron chi connectivity index (χ3n) is 5.58. The standard InChI is InChI=1S/C23H49N.H2O4S/c1-4-7-10-13-16-19-22-23(24,20-17-14-11-8-5-2)21-18-15-12-9-6-3;1-5(2,3)4/h4-22,24H2,1-3H3;(H2,1,2,3,4). The molecule has 0 saturated heterocycles. The minimum Gasteiger partial charge on any atom is -0.325 e. The van der Waals surface area contributed by atoms with Gasteiger partial charge < -0.3 is 5.73 Å². The SMILES string of the molecule is CCCCCCCCC(N)(CCCCCCC)CCCCCCC.O=S(=O)(O)O. The molecule has 0 aromatic rings. The van der Waals surface area contributed by atoms with Crippen molar-refractivity contribution >= 4 is 10.4 Å². The molecule has 0 aromatic carbocycles. The molecule has 0 heterocycles. The Hall–Kier alpha value is -0.170. The van der Waals surface area contributed by atoms with Crippen molar-refractivity contribution in [2.75, 3.05) is 0 Å². The third kappa shape index (κ3) is 30.1. The van der Waals surface area contributed by atoms with Crippen LogP contribution in [0.3, 0.4) is 0 Å². The Kier molecular flexibility index (Phi) is 22.5. The van der Waals surface area contributed by atoms with Gasteiger partial charge in [0.2, 0.25) is 0 Å². The van der Waals surface area contributed by atoms with Crippen LogP contribution in [0.5, 0.6) is 0 Å². The topological polar surface area (TPSA) is 101 Å². The average molecular weight is 438 g/mol. The molecule has 0 radical (unpaired) electrons. The summed E-state index contributed by atoms with van der Waals surface area (Å²) in [4.78, 5) is 0. The normalized spacial score (nSPS) is 11.9. The molecule has 0 aliphatic heterocycles. The van der Waals surface area contributed by atoms with Gasteiger partial charge in [0.1, 0.15) is 0 Å². The van der Waals surface area contributed by atoms with Gasteiger partial charge in [-0.1, -0.05) is 124 Å². The van der Waals surface area contributed by atoms with Crippen LogP contribution in [0.1, 0.15) is 143 Å². The van der Waals surface area contributed by atoms with Gasteiger partial charge in [0.05, 0.1) is 0 Å². The van der Waals surface area contributed by atoms with E-state index in [1.165, 1.54) is 122 Å². The van der Waals surface area contributed by atoms with Gasteiger partial charge in [-0.15, -0.1) is 0 Å². The highest BCUT2D eigenvalue weighted by molar-refractivity contribution is 7.79. The maximum absolute atomic E-state index is 8.74. The van der Waals surface area contributed by atoms with E-state index < -0.39 is 10.4 Å². The first-order valence-electron chi connectivity index (χ1n) is 12.2. The summed E-state index contributed by atoms with van der Waals surface area (Å²) in [6.07, 6.45) is 25.9. The van der Waals surface area contributed by atoms with Crippen molar-refractivity contribution < 1.29 is 17.5 Å². The highest BCUT2D eigenvalue weighted by Crippen LogP contribution is 2.26. The molecule has 178 valence electrons. The lowest BCUT2D eigenvalue weighted by molar-refractivity contribution is 0.303. The van der Waals surface area contributed by atoms with E-state index in [0.29, 0.717) is 0 Å². The molecule has 0 aliphatic rings. The Labute approximate surface area is 182 Å². The number of hydrogen-bond acceptors (Lipinski definition) is 3. The van der Waals surface area contributed by atoms with Crippen molar-refractivity contribution in [3.8, 4) is 0 Å². The van der Waals surface area contributed by atoms with E-state index >= 15 is 0 Å². The molecule has 0 amide bonds. The predicted molar refractivity (Wildman–Crippen MR) is 126 cm³/mol. The lowest BCUT2D eigenvalue weighted by Gasteiger charge is -2.30. The van der Waals surface area contributed by atoms with Crippen LogP contribution in [0.25, 0.3) is 0 Å². The second-order valence-electron chi connectivity index (χ2n) is 8.66. The molecule has 4 N–H and O–H groups in total. The Morgan fingerprint density at radius 3 is 1.00 bits per heavy atom. The molecule has 0 fully saturated rings. The first kappa shape index (κ1) is 31.0. The molecule has 0 saturated carbocycles. The summed E-state index contributed by atoms with van der Waals surface area (Å²) < 4.78 is 31.6. The van der Waals surface area contributed by atoms with E-state index in [0.717, 1.165) is 0 Å². The first-order valence-corrected chi connectivity index (χ1v) is 13.6. The molecule has 0 atom stereocenters. The van der Waals surface area contributed by atoms with Crippen LogP contribution in [-0.2, 0) is 10.4 Å². The van der Waals surface area contributed by atoms with Crippen molar-refractivity contribution in [2.45, 2.75) is 148 Å². The van der Waals surface area contributed by atoms with Gasteiger partial charge in [-0.3, -0.25) is 9.11 Å². The van der Waals surface area contributed by atoms with Crippen molar-refractivity contribution in [1.29, 1.82) is 0 Å². The summed E-state index contributed by atoms with van der Waals surface area (Å²) >= 11 is 0. The minimum atomic E-state index is -4.67. The smallest absolute Gasteiger partial charge is 0.325 e. The Bertz CT molecular complexity index is 405. The third-order valence-corrected chi connectivity index (χ3v) is 5.58. The number of rotatable bonds is 19. The fraction of sp³-hybridized carbons (Fsp3) is 1.00. The van der Waals surface area contributed by atoms with Crippen molar-refractivity contribution in [3.05, 3.63) is 0 Å². The molecule has 5 nitrogen and oxygen atoms in total. The second kappa shape index (κ2) is 21.1. The van der Waals surface area contributed by atoms with Crippen LogP contribution in [0.2, 0.25) is 0 Å². The minimum absolute atomic E-state index is 0.142. The molecule has 0 rings (SSSR count). The molecule has 0 aliphatic carbocycles. The van der Waals surface area contributed by atoms with E-state index in [9.17, 15) is 0 Å². The number of unbranched alkanes of at least 4 members (excludes halogenated alkanes) is 13. The maximum atomic E-state index is 8.74. The molecular weight excluding hydrogens is 386 g/mol. The molecule has 0 bridgehead atoms. The Morgan fingerprint density at radius 2 is 0.759 bits per heavy atom. The monoisotopic (exact) mass is 437 g/mol. The molecular formula is C23H51NO4S. The van der Waals surface area contributed by atoms with E-state index in [1.807, 2.05) is 0 Å². The summed E-state index contributed by atoms with van der Waals surface area (Å²) in [6, 6.07) is 0. The summed E-state index contributed by atoms with van der Waals surface area (Å²) in [7, 11) is -4.67. The number of hydrogen-bond donors (Lipinski definition) is 3. The van der Waals surface area contributed by atoms with Gasteiger partial charge >= 0.3 is 10.4 Å². The average Bonchev–Trinajstić information content (AvgIpc) is 2.63. The second-order valence-corrected chi connectivity index (χ2v) is 9.55. The van der Waals surface area contributed by atoms with E-state index in [-0.39, 0.29) is 5.54 Å². The van der Waals surface area contributed by atoms with Gasteiger partial charge in [0, 0.05) is 5.54 Å². The lowest BCUT2D eigenvalue weighted by atomic mass is 9.82. The highest BCUT2D eigenvalue weighted by atomic mass is 32.3. The quantitative estimate of drug-likeness (QED) is 0.143. The summed E-state index contributed by atoms with van der Waals surface area (Å²) in [5, 5.41) is 0. The Morgan fingerprint density at radius 1 is 0.552 bits per heavy atom. The summed E-state index contributed by atoms with van der Waals surface area (Å²) in [5.41, 5.74) is 7.01. The van der Waals surface area contributed by atoms with Gasteiger partial charge in [0.15, 0.2) is 0 Å². The van der Waals surface area contributed by atoms with Gasteiger partial charge in [-0.25, -0.2) is 0 Å². The van der Waals surface area contributed by atoms with E-state index in [1.54, 1.807) is 0 Å². The fourth-order valence-corrected chi connectivity index (χ4v) is 3.79. The Balaban J connectivity index is 0. The van der Waals surface area contributed by atoms with Crippen LogP contribution >= 0.6 is 0 Å². The molecule has 0 aromatic heterocycles. The van der Waals surface area contributed by atoms with Crippen molar-refractivity contribution in [3.63, 3.8) is 0 Å². The number of nitrogens with two attached hydrogens (primary N) is 1. The van der Waals surface area contributed by atoms with Gasteiger partial charge in [-0.05, 0) is 19.3 Å². The largest absolute Gasteiger partial charge is 0.394 e. The lowest BCUT2D eigenvalue weighted by Crippen LogP contribution is -2.39. The van der Waals surface area contributed by atoms with Crippen LogP contribution in [0.15, 0.2) is 0 Å². The van der Waals surface area contributed by atoms with E-state index in [2.05, 4.69) is 20.8 Å². The predicted octanol–water partition coefficient (Wildman–Crippen LogP) is 7.50. The van der Waals surface area contributed by atoms with Crippen LogP contribution in [0.4, 0.5) is 0 Å².